The zero-order valence-corrected chi connectivity index (χ0v) is 17.6. The van der Waals surface area contributed by atoms with Gasteiger partial charge in [-0.25, -0.2) is 9.78 Å². The molecular weight excluding hydrogens is 388 g/mol. The summed E-state index contributed by atoms with van der Waals surface area (Å²) in [5.41, 5.74) is 4.68. The van der Waals surface area contributed by atoms with E-state index in [4.69, 9.17) is 9.72 Å². The van der Waals surface area contributed by atoms with E-state index in [-0.39, 0.29) is 23.7 Å². The van der Waals surface area contributed by atoms with E-state index in [0.717, 1.165) is 33.4 Å². The molecule has 1 aromatic heterocycles. The van der Waals surface area contributed by atoms with Crippen molar-refractivity contribution in [2.24, 2.45) is 5.92 Å². The third kappa shape index (κ3) is 3.21. The zero-order chi connectivity index (χ0) is 21.5. The van der Waals surface area contributed by atoms with Gasteiger partial charge in [0.05, 0.1) is 23.9 Å². The normalized spacial score (nSPS) is 21.9. The highest BCUT2D eigenvalue weighted by Crippen LogP contribution is 2.47. The summed E-state index contributed by atoms with van der Waals surface area (Å²) < 4.78 is 5.39. The number of hydrogen-bond donors (Lipinski definition) is 0. The molecule has 0 spiro atoms. The summed E-state index contributed by atoms with van der Waals surface area (Å²) in [6, 6.07) is 19.3. The second-order valence-electron chi connectivity index (χ2n) is 8.12. The van der Waals surface area contributed by atoms with Gasteiger partial charge >= 0.3 is 5.97 Å². The van der Waals surface area contributed by atoms with Crippen LogP contribution in [0.15, 0.2) is 60.7 Å². The van der Waals surface area contributed by atoms with Gasteiger partial charge in [-0.15, -0.1) is 0 Å². The Bertz CT molecular complexity index is 1220. The minimum atomic E-state index is -0.496. The Morgan fingerprint density at radius 2 is 1.84 bits per heavy atom. The number of nitrogens with zero attached hydrogens (tertiary/aromatic N) is 2. The maximum atomic E-state index is 12.9. The van der Waals surface area contributed by atoms with E-state index in [2.05, 4.69) is 17.0 Å². The largest absolute Gasteiger partial charge is 0.464 e. The number of pyridine rings is 1. The Labute approximate surface area is 181 Å². The van der Waals surface area contributed by atoms with Crippen LogP contribution >= 0.6 is 0 Å². The van der Waals surface area contributed by atoms with E-state index >= 15 is 0 Å². The lowest BCUT2D eigenvalue weighted by molar-refractivity contribution is -0.144. The molecule has 0 amide bonds. The van der Waals surface area contributed by atoms with Crippen LogP contribution in [0.3, 0.4) is 0 Å². The average Bonchev–Trinajstić information content (AvgIpc) is 3.20. The fraction of sp³-hybridized carbons (Fsp3) is 0.269. The molecule has 31 heavy (non-hydrogen) atoms. The number of fused-ring (bicyclic) bond motifs is 4. The number of carbonyl (C=O) groups excluding carboxylic acids is 2. The van der Waals surface area contributed by atoms with Crippen molar-refractivity contribution >= 4 is 40.0 Å². The van der Waals surface area contributed by atoms with Crippen molar-refractivity contribution < 1.29 is 14.3 Å². The molecule has 2 aliphatic rings. The van der Waals surface area contributed by atoms with Gasteiger partial charge in [-0.05, 0) is 50.1 Å². The molecule has 1 saturated heterocycles. The Morgan fingerprint density at radius 1 is 1.06 bits per heavy atom. The van der Waals surface area contributed by atoms with Crippen LogP contribution in [0, 0.1) is 5.92 Å². The summed E-state index contributed by atoms with van der Waals surface area (Å²) in [5, 5.41) is 1.07. The van der Waals surface area contributed by atoms with Gasteiger partial charge < -0.3 is 9.64 Å². The number of carbonyl (C=O) groups is 2. The monoisotopic (exact) mass is 412 g/mol. The minimum Gasteiger partial charge on any atom is -0.464 e. The molecule has 3 unspecified atom stereocenters. The maximum Gasteiger partial charge on any atom is 0.328 e. The zero-order valence-electron chi connectivity index (χ0n) is 17.6. The van der Waals surface area contributed by atoms with Crippen LogP contribution in [0.5, 0.6) is 0 Å². The highest BCUT2D eigenvalue weighted by molar-refractivity contribution is 6.00. The number of anilines is 1. The molecule has 0 N–H and O–H groups in total. The van der Waals surface area contributed by atoms with Crippen molar-refractivity contribution in [1.29, 1.82) is 0 Å². The third-order valence-corrected chi connectivity index (χ3v) is 6.31. The van der Waals surface area contributed by atoms with E-state index in [0.29, 0.717) is 13.0 Å². The smallest absolute Gasteiger partial charge is 0.328 e. The number of rotatable bonds is 4. The lowest BCUT2D eigenvalue weighted by Crippen LogP contribution is -2.45. The van der Waals surface area contributed by atoms with Gasteiger partial charge in [0.1, 0.15) is 11.8 Å². The lowest BCUT2D eigenvalue weighted by Gasteiger charge is -2.38. The molecule has 3 heterocycles. The summed E-state index contributed by atoms with van der Waals surface area (Å²) in [7, 11) is 0. The Hall–Kier alpha value is -3.47. The summed E-state index contributed by atoms with van der Waals surface area (Å²) in [6.45, 7) is 3.73. The second kappa shape index (κ2) is 7.65. The van der Waals surface area contributed by atoms with Crippen LogP contribution in [0.1, 0.15) is 31.5 Å². The van der Waals surface area contributed by atoms with E-state index < -0.39 is 6.04 Å². The number of Topliss-reactive ketones (excluding diaryl/α,β-unsaturated/α-hetero) is 1. The van der Waals surface area contributed by atoms with Gasteiger partial charge in [-0.3, -0.25) is 4.79 Å². The number of ketones is 1. The molecule has 0 radical (unpaired) electrons. The number of ether oxygens (including phenoxy) is 1. The van der Waals surface area contributed by atoms with Crippen LogP contribution in [0.2, 0.25) is 0 Å². The molecular formula is C26H24N2O3. The van der Waals surface area contributed by atoms with Crippen molar-refractivity contribution in [2.75, 3.05) is 11.5 Å². The first-order chi connectivity index (χ1) is 15.1. The second-order valence-corrected chi connectivity index (χ2v) is 8.12. The number of benzene rings is 2. The first-order valence-corrected chi connectivity index (χ1v) is 10.7. The fourth-order valence-electron chi connectivity index (χ4n) is 4.94. The first kappa shape index (κ1) is 19.5. The molecule has 3 atom stereocenters. The number of esters is 1. The average molecular weight is 412 g/mol. The van der Waals surface area contributed by atoms with Gasteiger partial charge in [-0.1, -0.05) is 42.5 Å². The lowest BCUT2D eigenvalue weighted by atomic mass is 9.85. The predicted octanol–water partition coefficient (Wildman–Crippen LogP) is 4.50. The Morgan fingerprint density at radius 3 is 2.65 bits per heavy atom. The maximum absolute atomic E-state index is 12.9. The van der Waals surface area contributed by atoms with E-state index in [1.54, 1.807) is 13.8 Å². The van der Waals surface area contributed by atoms with Gasteiger partial charge in [-0.2, -0.15) is 0 Å². The molecule has 1 fully saturated rings. The molecule has 3 aromatic rings. The molecule has 5 nitrogen and oxygen atoms in total. The molecule has 5 rings (SSSR count). The SMILES string of the molecule is CCOC(=O)C1CC(C(C)=O)C2C(c3ccc4ccccc4n3)=Cc3ccccc3N12. The van der Waals surface area contributed by atoms with Crippen molar-refractivity contribution in [3.8, 4) is 0 Å². The predicted molar refractivity (Wildman–Crippen MR) is 122 cm³/mol. The Kier molecular flexibility index (Phi) is 4.81. The third-order valence-electron chi connectivity index (χ3n) is 6.31. The van der Waals surface area contributed by atoms with Crippen LogP contribution in [-0.2, 0) is 14.3 Å². The topological polar surface area (TPSA) is 59.5 Å². The molecule has 2 aliphatic heterocycles. The van der Waals surface area contributed by atoms with Gasteiger partial charge in [0.25, 0.3) is 0 Å². The molecule has 0 bridgehead atoms. The van der Waals surface area contributed by atoms with Crippen LogP contribution in [-0.4, -0.2) is 35.4 Å². The summed E-state index contributed by atoms with van der Waals surface area (Å²) in [4.78, 5) is 32.6. The molecule has 2 aromatic carbocycles. The van der Waals surface area contributed by atoms with Crippen LogP contribution in [0.4, 0.5) is 5.69 Å². The van der Waals surface area contributed by atoms with Crippen molar-refractivity contribution in [3.05, 3.63) is 71.9 Å². The van der Waals surface area contributed by atoms with Gasteiger partial charge in [0.15, 0.2) is 0 Å². The Balaban J connectivity index is 1.70. The minimum absolute atomic E-state index is 0.0767. The first-order valence-electron chi connectivity index (χ1n) is 10.7. The molecule has 5 heteroatoms. The van der Waals surface area contributed by atoms with E-state index in [9.17, 15) is 9.59 Å². The van der Waals surface area contributed by atoms with Crippen LogP contribution < -0.4 is 4.90 Å². The number of hydrogen-bond acceptors (Lipinski definition) is 5. The molecule has 156 valence electrons. The molecule has 0 aliphatic carbocycles. The fourth-order valence-corrected chi connectivity index (χ4v) is 4.94. The quantitative estimate of drug-likeness (QED) is 0.591. The van der Waals surface area contributed by atoms with Crippen molar-refractivity contribution in [3.63, 3.8) is 0 Å². The standard InChI is InChI=1S/C26H24N2O3/c1-3-31-26(30)24-15-19(16(2)29)25-20(14-18-9-5-7-11-23(18)28(24)25)22-13-12-17-8-4-6-10-21(17)27-22/h4-14,19,24-25H,3,15H2,1-2H3. The van der Waals surface area contributed by atoms with E-state index in [1.807, 2.05) is 54.6 Å². The van der Waals surface area contributed by atoms with E-state index in [1.165, 1.54) is 0 Å². The van der Waals surface area contributed by atoms with Crippen molar-refractivity contribution in [1.82, 2.24) is 4.98 Å². The highest BCUT2D eigenvalue weighted by Gasteiger charge is 2.50. The van der Waals surface area contributed by atoms with Gasteiger partial charge in [0.2, 0.25) is 0 Å². The summed E-state index contributed by atoms with van der Waals surface area (Å²) >= 11 is 0. The number of aromatic nitrogens is 1. The highest BCUT2D eigenvalue weighted by atomic mass is 16.5. The van der Waals surface area contributed by atoms with Crippen LogP contribution in [0.25, 0.3) is 22.6 Å². The molecule has 0 saturated carbocycles. The van der Waals surface area contributed by atoms with Crippen molar-refractivity contribution in [2.45, 2.75) is 32.4 Å². The van der Waals surface area contributed by atoms with Gasteiger partial charge in [0, 0.05) is 22.6 Å². The summed E-state index contributed by atoms with van der Waals surface area (Å²) in [6.07, 6.45) is 2.56. The summed E-state index contributed by atoms with van der Waals surface area (Å²) in [5.74, 6) is -0.506. The number of para-hydroxylation sites is 2.